The number of amides is 1. The number of aromatic nitrogens is 1. The van der Waals surface area contributed by atoms with E-state index in [-0.39, 0.29) is 5.91 Å². The number of nitrogens with one attached hydrogen (secondary N) is 1. The summed E-state index contributed by atoms with van der Waals surface area (Å²) < 4.78 is 16.6. The third kappa shape index (κ3) is 5.67. The lowest BCUT2D eigenvalue weighted by molar-refractivity contribution is 0.102. The van der Waals surface area contributed by atoms with Gasteiger partial charge in [0.1, 0.15) is 0 Å². The fourth-order valence-corrected chi connectivity index (χ4v) is 2.72. The molecule has 0 bridgehead atoms. The van der Waals surface area contributed by atoms with Crippen LogP contribution in [0.25, 0.3) is 0 Å². The molecule has 0 atom stereocenters. The van der Waals surface area contributed by atoms with Gasteiger partial charge in [0.25, 0.3) is 5.91 Å². The topological polar surface area (TPSA) is 76.1 Å². The molecule has 0 aliphatic rings. The van der Waals surface area contributed by atoms with Gasteiger partial charge in [-0.3, -0.25) is 10.1 Å². The molecule has 22 heavy (non-hydrogen) atoms. The number of hydrogen-bond acceptors (Lipinski definition) is 5. The van der Waals surface area contributed by atoms with E-state index in [0.717, 1.165) is 18.4 Å². The molecule has 0 saturated heterocycles. The highest BCUT2D eigenvalue weighted by atomic mass is 35.5. The average Bonchev–Trinajstić information content (AvgIpc) is 2.90. The highest BCUT2D eigenvalue weighted by molar-refractivity contribution is 7.51. The van der Waals surface area contributed by atoms with E-state index in [1.54, 1.807) is 12.1 Å². The highest BCUT2D eigenvalue weighted by Gasteiger charge is 2.10. The summed E-state index contributed by atoms with van der Waals surface area (Å²) >= 11 is 6.77. The maximum Gasteiger partial charge on any atom is 0.335 e. The second-order valence-electron chi connectivity index (χ2n) is 4.37. The minimum atomic E-state index is -0.750. The minimum Gasteiger partial charge on any atom is -0.298 e. The molecule has 1 aromatic carbocycles. The number of rotatable bonds is 4. The van der Waals surface area contributed by atoms with Gasteiger partial charge in [-0.25, -0.2) is 4.98 Å². The SMILES string of the molecule is CCCc1cnc(NC(=O)c2ccc(C)c(Cl)c2)s1.O=S=O. The molecule has 2 aromatic rings. The van der Waals surface area contributed by atoms with Crippen LogP contribution in [0.4, 0.5) is 5.13 Å². The fraction of sp³-hybridized carbons (Fsp3) is 0.286. The first-order chi connectivity index (χ1) is 10.5. The number of carbonyl (C=O) groups is 1. The number of aryl methyl sites for hydroxylation is 2. The van der Waals surface area contributed by atoms with Crippen LogP contribution in [0.1, 0.15) is 34.1 Å². The summed E-state index contributed by atoms with van der Waals surface area (Å²) in [5.74, 6) is -0.181. The van der Waals surface area contributed by atoms with E-state index >= 15 is 0 Å². The van der Waals surface area contributed by atoms with Crippen molar-refractivity contribution >= 4 is 45.5 Å². The van der Waals surface area contributed by atoms with Gasteiger partial charge >= 0.3 is 11.6 Å². The number of nitrogens with zero attached hydrogens (tertiary/aromatic N) is 1. The molecule has 1 amide bonds. The van der Waals surface area contributed by atoms with E-state index in [1.807, 2.05) is 19.2 Å². The van der Waals surface area contributed by atoms with Crippen LogP contribution in [0.2, 0.25) is 5.02 Å². The first-order valence-electron chi connectivity index (χ1n) is 6.45. The van der Waals surface area contributed by atoms with Crippen molar-refractivity contribution in [1.82, 2.24) is 4.98 Å². The number of halogens is 1. The number of thiazole rings is 1. The van der Waals surface area contributed by atoms with E-state index in [4.69, 9.17) is 20.0 Å². The first-order valence-corrected chi connectivity index (χ1v) is 8.31. The first kappa shape index (κ1) is 18.5. The van der Waals surface area contributed by atoms with E-state index in [9.17, 15) is 4.79 Å². The van der Waals surface area contributed by atoms with Gasteiger partial charge in [-0.2, -0.15) is 8.42 Å². The molecule has 0 aliphatic heterocycles. The molecule has 0 fully saturated rings. The van der Waals surface area contributed by atoms with Gasteiger partial charge in [0.2, 0.25) is 0 Å². The lowest BCUT2D eigenvalue weighted by atomic mass is 10.1. The molecule has 0 aliphatic carbocycles. The maximum absolute atomic E-state index is 12.0. The smallest absolute Gasteiger partial charge is 0.298 e. The standard InChI is InChI=1S/C14H15ClN2OS.O2S/c1-3-4-11-8-16-14(19-11)17-13(18)10-6-5-9(2)12(15)7-10;1-3-2/h5-8H,3-4H2,1-2H3,(H,16,17,18);. The zero-order valence-corrected chi connectivity index (χ0v) is 14.5. The lowest BCUT2D eigenvalue weighted by Crippen LogP contribution is -2.11. The Morgan fingerprint density at radius 2 is 2.09 bits per heavy atom. The molecule has 8 heteroatoms. The Morgan fingerprint density at radius 3 is 2.68 bits per heavy atom. The van der Waals surface area contributed by atoms with Crippen molar-refractivity contribution in [1.29, 1.82) is 0 Å². The summed E-state index contributed by atoms with van der Waals surface area (Å²) in [5.41, 5.74) is 1.50. The van der Waals surface area contributed by atoms with Crippen molar-refractivity contribution in [2.24, 2.45) is 0 Å². The molecule has 1 heterocycles. The van der Waals surface area contributed by atoms with Crippen molar-refractivity contribution < 1.29 is 13.2 Å². The van der Waals surface area contributed by atoms with Crippen LogP contribution in [-0.2, 0) is 18.0 Å². The van der Waals surface area contributed by atoms with Gasteiger partial charge < -0.3 is 0 Å². The number of anilines is 1. The Hall–Kier alpha value is -1.57. The van der Waals surface area contributed by atoms with E-state index in [1.165, 1.54) is 16.2 Å². The monoisotopic (exact) mass is 358 g/mol. The molecule has 2 rings (SSSR count). The molecule has 5 nitrogen and oxygen atoms in total. The van der Waals surface area contributed by atoms with Crippen LogP contribution >= 0.6 is 22.9 Å². The van der Waals surface area contributed by atoms with Gasteiger partial charge in [0.15, 0.2) is 5.13 Å². The van der Waals surface area contributed by atoms with Gasteiger partial charge in [0.05, 0.1) is 0 Å². The molecule has 118 valence electrons. The Balaban J connectivity index is 0.000000745. The Kier molecular flexibility index (Phi) is 7.94. The highest BCUT2D eigenvalue weighted by Crippen LogP contribution is 2.21. The van der Waals surface area contributed by atoms with Crippen LogP contribution < -0.4 is 5.32 Å². The molecular weight excluding hydrogens is 344 g/mol. The summed E-state index contributed by atoms with van der Waals surface area (Å²) in [6, 6.07) is 5.27. The zero-order valence-electron chi connectivity index (χ0n) is 12.1. The van der Waals surface area contributed by atoms with Crippen LogP contribution in [0, 0.1) is 6.92 Å². The minimum absolute atomic E-state index is 0.181. The van der Waals surface area contributed by atoms with Crippen LogP contribution in [0.15, 0.2) is 24.4 Å². The number of benzene rings is 1. The van der Waals surface area contributed by atoms with Crippen molar-refractivity contribution in [3.63, 3.8) is 0 Å². The largest absolute Gasteiger partial charge is 0.335 e. The zero-order chi connectivity index (χ0) is 16.5. The third-order valence-corrected chi connectivity index (χ3v) is 4.08. The second kappa shape index (κ2) is 9.45. The van der Waals surface area contributed by atoms with Crippen molar-refractivity contribution in [3.05, 3.63) is 45.4 Å². The van der Waals surface area contributed by atoms with Gasteiger partial charge in [-0.1, -0.05) is 31.0 Å². The summed E-state index contributed by atoms with van der Waals surface area (Å²) in [7, 11) is 0. The van der Waals surface area contributed by atoms with Crippen LogP contribution in [0.3, 0.4) is 0 Å². The van der Waals surface area contributed by atoms with E-state index < -0.39 is 11.6 Å². The van der Waals surface area contributed by atoms with Crippen molar-refractivity contribution in [2.75, 3.05) is 5.32 Å². The lowest BCUT2D eigenvalue weighted by Gasteiger charge is -2.03. The second-order valence-corrected chi connectivity index (χ2v) is 6.03. The molecule has 1 N–H and O–H groups in total. The van der Waals surface area contributed by atoms with Gasteiger partial charge in [-0.15, -0.1) is 11.3 Å². The van der Waals surface area contributed by atoms with E-state index in [0.29, 0.717) is 15.7 Å². The Labute approximate surface area is 141 Å². The fourth-order valence-electron chi connectivity index (χ4n) is 1.63. The van der Waals surface area contributed by atoms with E-state index in [2.05, 4.69) is 17.2 Å². The van der Waals surface area contributed by atoms with Crippen molar-refractivity contribution in [2.45, 2.75) is 26.7 Å². The van der Waals surface area contributed by atoms with Crippen LogP contribution in [-0.4, -0.2) is 19.3 Å². The molecule has 0 unspecified atom stereocenters. The molecule has 0 spiro atoms. The van der Waals surface area contributed by atoms with Gasteiger partial charge in [0, 0.05) is 21.7 Å². The summed E-state index contributed by atoms with van der Waals surface area (Å²) in [5, 5.41) is 4.02. The summed E-state index contributed by atoms with van der Waals surface area (Å²) in [6.07, 6.45) is 3.87. The Bertz CT molecular complexity index is 682. The Morgan fingerprint density at radius 1 is 1.41 bits per heavy atom. The number of carbonyl (C=O) groups excluding carboxylic acids is 1. The normalized spacial score (nSPS) is 9.59. The van der Waals surface area contributed by atoms with Crippen LogP contribution in [0.5, 0.6) is 0 Å². The summed E-state index contributed by atoms with van der Waals surface area (Å²) in [6.45, 7) is 4.02. The molecule has 1 aromatic heterocycles. The predicted octanol–water partition coefficient (Wildman–Crippen LogP) is 3.64. The molecular formula is C14H15ClN2O3S2. The number of hydrogen-bond donors (Lipinski definition) is 1. The molecule has 0 radical (unpaired) electrons. The van der Waals surface area contributed by atoms with Gasteiger partial charge in [-0.05, 0) is 31.0 Å². The quantitative estimate of drug-likeness (QED) is 0.905. The van der Waals surface area contributed by atoms with Crippen molar-refractivity contribution in [3.8, 4) is 0 Å². The summed E-state index contributed by atoms with van der Waals surface area (Å²) in [4.78, 5) is 17.4. The third-order valence-electron chi connectivity index (χ3n) is 2.70. The maximum atomic E-state index is 12.0. The predicted molar refractivity (Wildman–Crippen MR) is 89.2 cm³/mol. The molecule has 0 saturated carbocycles. The average molecular weight is 359 g/mol.